The van der Waals surface area contributed by atoms with Crippen LogP contribution in [0.1, 0.15) is 50.4 Å². The molecule has 24 heavy (non-hydrogen) atoms. The molecule has 0 aromatic heterocycles. The lowest BCUT2D eigenvalue weighted by molar-refractivity contribution is -0.116. The van der Waals surface area contributed by atoms with Crippen LogP contribution in [0.5, 0.6) is 0 Å². The van der Waals surface area contributed by atoms with Crippen LogP contribution >= 0.6 is 0 Å². The number of likely N-dealkylation sites (tertiary alicyclic amines) is 1. The van der Waals surface area contributed by atoms with Crippen LogP contribution in [0.2, 0.25) is 0 Å². The second kappa shape index (κ2) is 5.23. The van der Waals surface area contributed by atoms with Crippen molar-refractivity contribution in [3.8, 4) is 0 Å². The molecule has 1 saturated carbocycles. The highest BCUT2D eigenvalue weighted by atomic mass is 16.2. The summed E-state index contributed by atoms with van der Waals surface area (Å²) >= 11 is 0. The zero-order valence-corrected chi connectivity index (χ0v) is 14.6. The van der Waals surface area contributed by atoms with E-state index in [1.54, 1.807) is 0 Å². The summed E-state index contributed by atoms with van der Waals surface area (Å²) in [6.45, 7) is 7.32. The second-order valence-corrected chi connectivity index (χ2v) is 8.26. The molecule has 1 aliphatic carbocycles. The smallest absolute Gasteiger partial charge is 0.254 e. The number of rotatable bonds is 2. The van der Waals surface area contributed by atoms with Crippen molar-refractivity contribution in [2.45, 2.75) is 52.1 Å². The lowest BCUT2D eigenvalue weighted by atomic mass is 9.72. The molecule has 2 aliphatic heterocycles. The third-order valence-corrected chi connectivity index (χ3v) is 5.48. The van der Waals surface area contributed by atoms with Crippen molar-refractivity contribution in [2.24, 2.45) is 11.3 Å². The van der Waals surface area contributed by atoms with Crippen LogP contribution in [0.4, 0.5) is 11.4 Å². The van der Waals surface area contributed by atoms with Gasteiger partial charge in [0, 0.05) is 36.0 Å². The van der Waals surface area contributed by atoms with Gasteiger partial charge in [0.1, 0.15) is 0 Å². The summed E-state index contributed by atoms with van der Waals surface area (Å²) in [5, 5.41) is 6.23. The summed E-state index contributed by atoms with van der Waals surface area (Å²) in [6.07, 6.45) is 2.92. The van der Waals surface area contributed by atoms with E-state index >= 15 is 0 Å². The Morgan fingerprint density at radius 3 is 2.67 bits per heavy atom. The minimum Gasteiger partial charge on any atom is -0.380 e. The van der Waals surface area contributed by atoms with Crippen molar-refractivity contribution in [3.05, 3.63) is 23.8 Å². The fourth-order valence-electron chi connectivity index (χ4n) is 4.31. The van der Waals surface area contributed by atoms with Gasteiger partial charge in [-0.3, -0.25) is 9.59 Å². The number of amides is 2. The van der Waals surface area contributed by atoms with Crippen LogP contribution in [-0.4, -0.2) is 35.3 Å². The van der Waals surface area contributed by atoms with Gasteiger partial charge < -0.3 is 15.5 Å². The average molecular weight is 327 g/mol. The predicted octanol–water partition coefficient (Wildman–Crippen LogP) is 3.09. The number of benzene rings is 1. The SMILES string of the molecule is CC1CC(=O)Nc2ccc(C(=O)N3CC(C)(C)C3C3CC3)cc2N1. The van der Waals surface area contributed by atoms with Gasteiger partial charge in [-0.1, -0.05) is 13.8 Å². The molecule has 5 heteroatoms. The Kier molecular flexibility index (Phi) is 3.37. The van der Waals surface area contributed by atoms with Crippen molar-refractivity contribution in [1.29, 1.82) is 0 Å². The number of anilines is 2. The molecule has 0 bridgehead atoms. The van der Waals surface area contributed by atoms with E-state index in [1.807, 2.05) is 30.0 Å². The highest BCUT2D eigenvalue weighted by molar-refractivity contribution is 6.00. The van der Waals surface area contributed by atoms with Crippen LogP contribution < -0.4 is 10.6 Å². The summed E-state index contributed by atoms with van der Waals surface area (Å²) in [7, 11) is 0. The highest BCUT2D eigenvalue weighted by Gasteiger charge is 2.54. The van der Waals surface area contributed by atoms with E-state index in [1.165, 1.54) is 12.8 Å². The number of fused-ring (bicyclic) bond motifs is 1. The van der Waals surface area contributed by atoms with Crippen molar-refractivity contribution in [3.63, 3.8) is 0 Å². The van der Waals surface area contributed by atoms with E-state index in [0.29, 0.717) is 23.9 Å². The minimum absolute atomic E-state index is 0.00566. The van der Waals surface area contributed by atoms with Crippen LogP contribution in [0, 0.1) is 11.3 Å². The molecule has 2 heterocycles. The Balaban J connectivity index is 1.59. The van der Waals surface area contributed by atoms with Crippen LogP contribution in [0.25, 0.3) is 0 Å². The third-order valence-electron chi connectivity index (χ3n) is 5.48. The highest BCUT2D eigenvalue weighted by Crippen LogP contribution is 2.50. The molecule has 4 rings (SSSR count). The summed E-state index contributed by atoms with van der Waals surface area (Å²) in [4.78, 5) is 26.8. The molecule has 2 unspecified atom stereocenters. The monoisotopic (exact) mass is 327 g/mol. The third kappa shape index (κ3) is 2.56. The van der Waals surface area contributed by atoms with Crippen molar-refractivity contribution < 1.29 is 9.59 Å². The summed E-state index contributed by atoms with van der Waals surface area (Å²) in [5.74, 6) is 0.793. The van der Waals surface area contributed by atoms with Gasteiger partial charge in [-0.25, -0.2) is 0 Å². The Bertz CT molecular complexity index is 709. The maximum absolute atomic E-state index is 13.0. The molecule has 0 spiro atoms. The maximum Gasteiger partial charge on any atom is 0.254 e. The molecule has 1 aromatic carbocycles. The first-order valence-electron chi connectivity index (χ1n) is 8.86. The topological polar surface area (TPSA) is 61.4 Å². The molecule has 5 nitrogen and oxygen atoms in total. The zero-order chi connectivity index (χ0) is 17.1. The van der Waals surface area contributed by atoms with Crippen LogP contribution in [-0.2, 0) is 4.79 Å². The fraction of sp³-hybridized carbons (Fsp3) is 0.579. The predicted molar refractivity (Wildman–Crippen MR) is 94.1 cm³/mol. The molecule has 2 N–H and O–H groups in total. The van der Waals surface area contributed by atoms with Gasteiger partial charge in [0.15, 0.2) is 0 Å². The molecule has 2 fully saturated rings. The molecular formula is C19H25N3O2. The largest absolute Gasteiger partial charge is 0.380 e. The van der Waals surface area contributed by atoms with Crippen LogP contribution in [0.3, 0.4) is 0 Å². The fourth-order valence-corrected chi connectivity index (χ4v) is 4.31. The Hall–Kier alpha value is -2.04. The first-order valence-corrected chi connectivity index (χ1v) is 8.86. The molecule has 0 radical (unpaired) electrons. The number of nitrogens with zero attached hydrogens (tertiary/aromatic N) is 1. The van der Waals surface area contributed by atoms with E-state index < -0.39 is 0 Å². The lowest BCUT2D eigenvalue weighted by Gasteiger charge is -2.55. The van der Waals surface area contributed by atoms with Gasteiger partial charge in [-0.2, -0.15) is 0 Å². The zero-order valence-electron chi connectivity index (χ0n) is 14.6. The molecule has 2 atom stereocenters. The van der Waals surface area contributed by atoms with Gasteiger partial charge in [-0.05, 0) is 43.9 Å². The van der Waals surface area contributed by atoms with E-state index in [4.69, 9.17) is 0 Å². The maximum atomic E-state index is 13.0. The Labute approximate surface area is 142 Å². The molecule has 128 valence electrons. The van der Waals surface area contributed by atoms with E-state index in [2.05, 4.69) is 24.5 Å². The summed E-state index contributed by atoms with van der Waals surface area (Å²) < 4.78 is 0. The molecule has 1 aromatic rings. The van der Waals surface area contributed by atoms with E-state index in [-0.39, 0.29) is 23.3 Å². The number of carbonyl (C=O) groups is 2. The molecular weight excluding hydrogens is 302 g/mol. The molecule has 2 amide bonds. The van der Waals surface area contributed by atoms with E-state index in [0.717, 1.165) is 17.9 Å². The number of hydrogen-bond acceptors (Lipinski definition) is 3. The Morgan fingerprint density at radius 2 is 2.00 bits per heavy atom. The normalized spacial score (nSPS) is 28.1. The Morgan fingerprint density at radius 1 is 1.25 bits per heavy atom. The summed E-state index contributed by atoms with van der Waals surface area (Å²) in [5.41, 5.74) is 2.51. The van der Waals surface area contributed by atoms with E-state index in [9.17, 15) is 9.59 Å². The standard InChI is InChI=1S/C19H25N3O2/c1-11-8-16(23)21-14-7-6-13(9-15(14)20-11)18(24)22-10-19(2,3)17(22)12-4-5-12/h6-7,9,11-12,17,20H,4-5,8,10H2,1-3H3,(H,21,23). The summed E-state index contributed by atoms with van der Waals surface area (Å²) in [6, 6.07) is 5.97. The minimum atomic E-state index is 0.00566. The first-order chi connectivity index (χ1) is 11.3. The quantitative estimate of drug-likeness (QED) is 0.877. The van der Waals surface area contributed by atoms with Crippen molar-refractivity contribution >= 4 is 23.2 Å². The number of carbonyl (C=O) groups excluding carboxylic acids is 2. The van der Waals surface area contributed by atoms with Gasteiger partial charge in [-0.15, -0.1) is 0 Å². The van der Waals surface area contributed by atoms with Gasteiger partial charge in [0.2, 0.25) is 5.91 Å². The average Bonchev–Trinajstić information content (AvgIpc) is 3.30. The second-order valence-electron chi connectivity index (χ2n) is 8.26. The lowest BCUT2D eigenvalue weighted by Crippen LogP contribution is -2.64. The van der Waals surface area contributed by atoms with Gasteiger partial charge in [0.05, 0.1) is 11.4 Å². The molecule has 3 aliphatic rings. The first kappa shape index (κ1) is 15.5. The van der Waals surface area contributed by atoms with Gasteiger partial charge in [0.25, 0.3) is 5.91 Å². The van der Waals surface area contributed by atoms with Crippen molar-refractivity contribution in [2.75, 3.05) is 17.2 Å². The van der Waals surface area contributed by atoms with Crippen LogP contribution in [0.15, 0.2) is 18.2 Å². The number of nitrogens with one attached hydrogen (secondary N) is 2. The number of hydrogen-bond donors (Lipinski definition) is 2. The molecule has 1 saturated heterocycles. The van der Waals surface area contributed by atoms with Crippen molar-refractivity contribution in [1.82, 2.24) is 4.90 Å². The van der Waals surface area contributed by atoms with Gasteiger partial charge >= 0.3 is 0 Å².